The molecule has 5 rings (SSSR count). The van der Waals surface area contributed by atoms with Gasteiger partial charge >= 0.3 is 0 Å². The average Bonchev–Trinajstić information content (AvgIpc) is 3.24. The molecule has 0 radical (unpaired) electrons. The van der Waals surface area contributed by atoms with Crippen molar-refractivity contribution in [2.24, 2.45) is 11.8 Å². The maximum atomic E-state index is 12.7. The van der Waals surface area contributed by atoms with Gasteiger partial charge in [-0.2, -0.15) is 0 Å². The van der Waals surface area contributed by atoms with E-state index in [1.54, 1.807) is 11.3 Å². The second-order valence-corrected chi connectivity index (χ2v) is 8.02. The van der Waals surface area contributed by atoms with Crippen LogP contribution in [0.2, 0.25) is 0 Å². The van der Waals surface area contributed by atoms with E-state index >= 15 is 0 Å². The van der Waals surface area contributed by atoms with Gasteiger partial charge in [0.2, 0.25) is 0 Å². The van der Waals surface area contributed by atoms with Gasteiger partial charge in [-0.3, -0.25) is 9.69 Å². The van der Waals surface area contributed by atoms with Crippen molar-refractivity contribution < 1.29 is 4.79 Å². The Balaban J connectivity index is 1.49. The minimum atomic E-state index is 0.143. The third-order valence-corrected chi connectivity index (χ3v) is 5.92. The summed E-state index contributed by atoms with van der Waals surface area (Å²) in [7, 11) is 0. The lowest BCUT2D eigenvalue weighted by Crippen LogP contribution is -2.45. The van der Waals surface area contributed by atoms with Crippen LogP contribution in [0.3, 0.4) is 0 Å². The summed E-state index contributed by atoms with van der Waals surface area (Å²) >= 11 is 1.57. The molecule has 1 saturated carbocycles. The molecule has 4 heterocycles. The van der Waals surface area contributed by atoms with Gasteiger partial charge in [0.25, 0.3) is 5.91 Å². The van der Waals surface area contributed by atoms with Crippen LogP contribution < -0.4 is 0 Å². The van der Waals surface area contributed by atoms with E-state index < -0.39 is 0 Å². The van der Waals surface area contributed by atoms with Crippen LogP contribution in [0.4, 0.5) is 0 Å². The van der Waals surface area contributed by atoms with E-state index in [0.717, 1.165) is 24.0 Å². The van der Waals surface area contributed by atoms with Crippen LogP contribution >= 0.6 is 11.3 Å². The van der Waals surface area contributed by atoms with Crippen molar-refractivity contribution >= 4 is 17.2 Å². The van der Waals surface area contributed by atoms with E-state index in [1.165, 1.54) is 38.8 Å². The molecule has 4 fully saturated rings. The summed E-state index contributed by atoms with van der Waals surface area (Å²) in [5, 5.41) is 2.89. The Morgan fingerprint density at radius 2 is 2.14 bits per heavy atom. The number of carbonyl (C=O) groups excluding carboxylic acids is 1. The number of aromatic nitrogens is 1. The molecule has 21 heavy (non-hydrogen) atoms. The van der Waals surface area contributed by atoms with Crippen LogP contribution in [0.5, 0.6) is 0 Å². The van der Waals surface area contributed by atoms with Crippen LogP contribution in [-0.4, -0.2) is 52.9 Å². The molecule has 0 unspecified atom stereocenters. The standard InChI is InChI=1S/C16H23N3OS/c1-11-17-15(10-21-11)16(20)19-8-13-4-5-14(9-19)18(7-13)6-12-2-3-12/h10,12-14H,2-9H2,1H3/t13-,14-/m0/s1. The van der Waals surface area contributed by atoms with E-state index in [4.69, 9.17) is 0 Å². The van der Waals surface area contributed by atoms with Crippen molar-refractivity contribution in [1.82, 2.24) is 14.8 Å². The maximum Gasteiger partial charge on any atom is 0.273 e. The Hall–Kier alpha value is -0.940. The molecular formula is C16H23N3OS. The molecule has 3 saturated heterocycles. The van der Waals surface area contributed by atoms with E-state index in [-0.39, 0.29) is 5.91 Å². The first-order valence-electron chi connectivity index (χ1n) is 8.14. The number of nitrogens with zero attached hydrogens (tertiary/aromatic N) is 3. The summed E-state index contributed by atoms with van der Waals surface area (Å²) in [4.78, 5) is 21.8. The second-order valence-electron chi connectivity index (χ2n) is 6.96. The highest BCUT2D eigenvalue weighted by atomic mass is 32.1. The average molecular weight is 305 g/mol. The number of rotatable bonds is 3. The minimum Gasteiger partial charge on any atom is -0.335 e. The van der Waals surface area contributed by atoms with Gasteiger partial charge in [-0.1, -0.05) is 0 Å². The largest absolute Gasteiger partial charge is 0.335 e. The van der Waals surface area contributed by atoms with Crippen LogP contribution in [0, 0.1) is 18.8 Å². The zero-order valence-electron chi connectivity index (χ0n) is 12.6. The summed E-state index contributed by atoms with van der Waals surface area (Å²) < 4.78 is 0. The number of fused-ring (bicyclic) bond motifs is 4. The molecule has 5 heteroatoms. The molecule has 1 aromatic heterocycles. The van der Waals surface area contributed by atoms with Crippen LogP contribution in [-0.2, 0) is 0 Å². The van der Waals surface area contributed by atoms with Crippen molar-refractivity contribution in [2.45, 2.75) is 38.6 Å². The summed E-state index contributed by atoms with van der Waals surface area (Å²) in [6, 6.07) is 0.577. The van der Waals surface area contributed by atoms with Gasteiger partial charge in [-0.05, 0) is 44.4 Å². The molecule has 0 aromatic carbocycles. The zero-order valence-corrected chi connectivity index (χ0v) is 13.4. The smallest absolute Gasteiger partial charge is 0.273 e. The first-order valence-corrected chi connectivity index (χ1v) is 9.02. The van der Waals surface area contributed by atoms with E-state index in [0.29, 0.717) is 17.7 Å². The van der Waals surface area contributed by atoms with Crippen LogP contribution in [0.1, 0.15) is 41.2 Å². The summed E-state index contributed by atoms with van der Waals surface area (Å²) in [6.45, 7) is 6.25. The van der Waals surface area contributed by atoms with E-state index in [9.17, 15) is 4.79 Å². The summed E-state index contributed by atoms with van der Waals surface area (Å²) in [5.74, 6) is 1.74. The van der Waals surface area contributed by atoms with Gasteiger partial charge in [-0.25, -0.2) is 4.98 Å². The summed E-state index contributed by atoms with van der Waals surface area (Å²) in [5.41, 5.74) is 0.646. The Morgan fingerprint density at radius 3 is 2.86 bits per heavy atom. The molecule has 1 aromatic rings. The molecule has 3 aliphatic heterocycles. The number of thiazole rings is 1. The van der Waals surface area contributed by atoms with E-state index in [2.05, 4.69) is 14.8 Å². The third kappa shape index (κ3) is 2.86. The predicted molar refractivity (Wildman–Crippen MR) is 83.6 cm³/mol. The molecule has 0 spiro atoms. The monoisotopic (exact) mass is 305 g/mol. The van der Waals surface area contributed by atoms with Crippen molar-refractivity contribution in [1.29, 1.82) is 0 Å². The van der Waals surface area contributed by atoms with E-state index in [1.807, 2.05) is 12.3 Å². The maximum absolute atomic E-state index is 12.7. The third-order valence-electron chi connectivity index (χ3n) is 5.14. The molecule has 1 amide bonds. The fourth-order valence-electron chi connectivity index (χ4n) is 3.82. The van der Waals surface area contributed by atoms with Crippen LogP contribution in [0.25, 0.3) is 0 Å². The highest BCUT2D eigenvalue weighted by Gasteiger charge is 2.38. The van der Waals surface area contributed by atoms with Crippen molar-refractivity contribution in [3.8, 4) is 0 Å². The lowest BCUT2D eigenvalue weighted by Gasteiger charge is -2.36. The van der Waals surface area contributed by atoms with Gasteiger partial charge in [0.1, 0.15) is 5.69 Å². The molecule has 2 atom stereocenters. The fraction of sp³-hybridized carbons (Fsp3) is 0.750. The number of amides is 1. The number of hydrogen-bond acceptors (Lipinski definition) is 4. The van der Waals surface area contributed by atoms with Crippen molar-refractivity contribution in [2.75, 3.05) is 26.2 Å². The Bertz CT molecular complexity index is 539. The van der Waals surface area contributed by atoms with Gasteiger partial charge in [-0.15, -0.1) is 11.3 Å². The number of hydrogen-bond donors (Lipinski definition) is 0. The highest BCUT2D eigenvalue weighted by Crippen LogP contribution is 2.35. The SMILES string of the molecule is Cc1nc(C(=O)N2C[C@H]3CC[C@@H](C2)N(CC2CC2)C3)cs1. The second kappa shape index (κ2) is 5.36. The molecular weight excluding hydrogens is 282 g/mol. The molecule has 114 valence electrons. The lowest BCUT2D eigenvalue weighted by molar-refractivity contribution is 0.0731. The summed E-state index contributed by atoms with van der Waals surface area (Å²) in [6.07, 6.45) is 5.37. The molecule has 1 aliphatic carbocycles. The first kappa shape index (κ1) is 13.7. The van der Waals surface area contributed by atoms with Gasteiger partial charge in [0.05, 0.1) is 5.01 Å². The zero-order chi connectivity index (χ0) is 14.4. The van der Waals surface area contributed by atoms with Crippen molar-refractivity contribution in [3.05, 3.63) is 16.1 Å². The molecule has 2 bridgehead atoms. The Labute approximate surface area is 130 Å². The van der Waals surface area contributed by atoms with Crippen LogP contribution in [0.15, 0.2) is 5.38 Å². The molecule has 4 nitrogen and oxygen atoms in total. The number of piperidine rings is 1. The normalized spacial score (nSPS) is 29.7. The van der Waals surface area contributed by atoms with Gasteiger partial charge < -0.3 is 4.90 Å². The minimum absolute atomic E-state index is 0.143. The number of aryl methyl sites for hydroxylation is 1. The Kier molecular flexibility index (Phi) is 3.50. The highest BCUT2D eigenvalue weighted by molar-refractivity contribution is 7.09. The molecule has 4 aliphatic rings. The number of carbonyl (C=O) groups is 1. The quantitative estimate of drug-likeness (QED) is 0.860. The van der Waals surface area contributed by atoms with Gasteiger partial charge in [0, 0.05) is 37.6 Å². The topological polar surface area (TPSA) is 36.4 Å². The first-order chi connectivity index (χ1) is 10.2. The van der Waals surface area contributed by atoms with Crippen molar-refractivity contribution in [3.63, 3.8) is 0 Å². The predicted octanol–water partition coefficient (Wildman–Crippen LogP) is 2.40. The molecule has 0 N–H and O–H groups in total. The lowest BCUT2D eigenvalue weighted by atomic mass is 9.95. The Morgan fingerprint density at radius 1 is 1.29 bits per heavy atom. The van der Waals surface area contributed by atoms with Gasteiger partial charge in [0.15, 0.2) is 0 Å². The fourth-order valence-corrected chi connectivity index (χ4v) is 4.41.